The van der Waals surface area contributed by atoms with Crippen molar-refractivity contribution in [2.45, 2.75) is 39.2 Å². The minimum absolute atomic E-state index is 0.572. The number of anilines is 2. The van der Waals surface area contributed by atoms with Crippen LogP contribution in [0, 0.1) is 0 Å². The third-order valence-electron chi connectivity index (χ3n) is 2.95. The summed E-state index contributed by atoms with van der Waals surface area (Å²) in [7, 11) is 0. The fraction of sp³-hybridized carbons (Fsp3) is 0.538. The first-order chi connectivity index (χ1) is 7.29. The maximum atomic E-state index is 3.54. The highest BCUT2D eigenvalue weighted by atomic mass is 14.9. The van der Waals surface area contributed by atoms with Crippen LogP contribution in [0.15, 0.2) is 18.2 Å². The standard InChI is InChI=1S/C13H20N2/c1-3-4-10(2)15-12-5-6-13-11(9-12)7-8-14-13/h5-6,9-10,14-15H,3-4,7-8H2,1-2H3. The average Bonchev–Trinajstić information content (AvgIpc) is 2.65. The zero-order valence-corrected chi connectivity index (χ0v) is 9.64. The molecule has 0 aromatic heterocycles. The van der Waals surface area contributed by atoms with Crippen LogP contribution in [0.2, 0.25) is 0 Å². The van der Waals surface area contributed by atoms with E-state index in [0.717, 1.165) is 13.0 Å². The Morgan fingerprint density at radius 3 is 3.13 bits per heavy atom. The molecule has 1 heterocycles. The normalized spacial score (nSPS) is 15.6. The zero-order chi connectivity index (χ0) is 10.7. The lowest BCUT2D eigenvalue weighted by Crippen LogP contribution is -2.14. The lowest BCUT2D eigenvalue weighted by molar-refractivity contribution is 0.690. The van der Waals surface area contributed by atoms with Gasteiger partial charge in [0.05, 0.1) is 0 Å². The predicted molar refractivity (Wildman–Crippen MR) is 66.6 cm³/mol. The molecule has 2 N–H and O–H groups in total. The number of rotatable bonds is 4. The maximum Gasteiger partial charge on any atom is 0.0375 e. The van der Waals surface area contributed by atoms with Gasteiger partial charge in [0, 0.05) is 24.0 Å². The SMILES string of the molecule is CCCC(C)Nc1ccc2c(c1)CCN2. The van der Waals surface area contributed by atoms with Gasteiger partial charge >= 0.3 is 0 Å². The second-order valence-corrected chi connectivity index (χ2v) is 4.38. The molecule has 2 heteroatoms. The smallest absolute Gasteiger partial charge is 0.0375 e. The van der Waals surface area contributed by atoms with Crippen LogP contribution < -0.4 is 10.6 Å². The number of hydrogen-bond donors (Lipinski definition) is 2. The highest BCUT2D eigenvalue weighted by Crippen LogP contribution is 2.25. The summed E-state index contributed by atoms with van der Waals surface area (Å²) >= 11 is 0. The first-order valence-corrected chi connectivity index (χ1v) is 5.93. The van der Waals surface area contributed by atoms with E-state index in [1.54, 1.807) is 0 Å². The monoisotopic (exact) mass is 204 g/mol. The van der Waals surface area contributed by atoms with Crippen LogP contribution in [-0.4, -0.2) is 12.6 Å². The van der Waals surface area contributed by atoms with E-state index in [4.69, 9.17) is 0 Å². The van der Waals surface area contributed by atoms with Gasteiger partial charge < -0.3 is 10.6 Å². The molecule has 1 aliphatic rings. The fourth-order valence-electron chi connectivity index (χ4n) is 2.18. The molecule has 0 spiro atoms. The molecule has 0 amide bonds. The molecule has 0 saturated carbocycles. The van der Waals surface area contributed by atoms with Gasteiger partial charge in [0.2, 0.25) is 0 Å². The molecule has 15 heavy (non-hydrogen) atoms. The quantitative estimate of drug-likeness (QED) is 0.786. The Hall–Kier alpha value is -1.18. The van der Waals surface area contributed by atoms with Gasteiger partial charge in [0.1, 0.15) is 0 Å². The number of nitrogens with one attached hydrogen (secondary N) is 2. The number of hydrogen-bond acceptors (Lipinski definition) is 2. The van der Waals surface area contributed by atoms with Gasteiger partial charge in [-0.1, -0.05) is 13.3 Å². The van der Waals surface area contributed by atoms with Crippen LogP contribution in [-0.2, 0) is 6.42 Å². The van der Waals surface area contributed by atoms with Gasteiger partial charge in [-0.25, -0.2) is 0 Å². The van der Waals surface area contributed by atoms with Crippen molar-refractivity contribution in [3.63, 3.8) is 0 Å². The van der Waals surface area contributed by atoms with Crippen molar-refractivity contribution >= 4 is 11.4 Å². The van der Waals surface area contributed by atoms with Gasteiger partial charge in [-0.2, -0.15) is 0 Å². The summed E-state index contributed by atoms with van der Waals surface area (Å²) in [6.07, 6.45) is 3.63. The van der Waals surface area contributed by atoms with Crippen molar-refractivity contribution < 1.29 is 0 Å². The summed E-state index contributed by atoms with van der Waals surface area (Å²) in [6.45, 7) is 5.56. The first-order valence-electron chi connectivity index (χ1n) is 5.93. The molecule has 1 unspecified atom stereocenters. The minimum Gasteiger partial charge on any atom is -0.384 e. The Labute approximate surface area is 92.1 Å². The Bertz CT molecular complexity index is 333. The summed E-state index contributed by atoms with van der Waals surface area (Å²) in [4.78, 5) is 0. The third kappa shape index (κ3) is 2.44. The molecule has 2 rings (SSSR count). The molecule has 1 aliphatic heterocycles. The van der Waals surface area contributed by atoms with Crippen molar-refractivity contribution in [1.82, 2.24) is 0 Å². The Morgan fingerprint density at radius 1 is 1.47 bits per heavy atom. The molecule has 0 radical (unpaired) electrons. The number of fused-ring (bicyclic) bond motifs is 1. The van der Waals surface area contributed by atoms with Crippen LogP contribution >= 0.6 is 0 Å². The van der Waals surface area contributed by atoms with E-state index < -0.39 is 0 Å². The second kappa shape index (κ2) is 4.56. The van der Waals surface area contributed by atoms with Crippen LogP contribution in [0.3, 0.4) is 0 Å². The molecule has 0 bridgehead atoms. The van der Waals surface area contributed by atoms with Crippen molar-refractivity contribution in [2.75, 3.05) is 17.2 Å². The Balaban J connectivity index is 2.03. The number of benzene rings is 1. The Morgan fingerprint density at radius 2 is 2.33 bits per heavy atom. The summed E-state index contributed by atoms with van der Waals surface area (Å²) in [6, 6.07) is 7.20. The van der Waals surface area contributed by atoms with Crippen LogP contribution in [0.25, 0.3) is 0 Å². The van der Waals surface area contributed by atoms with E-state index >= 15 is 0 Å². The second-order valence-electron chi connectivity index (χ2n) is 4.38. The van der Waals surface area contributed by atoms with Gasteiger partial charge in [-0.05, 0) is 43.5 Å². The topological polar surface area (TPSA) is 24.1 Å². The van der Waals surface area contributed by atoms with E-state index in [1.807, 2.05) is 0 Å². The zero-order valence-electron chi connectivity index (χ0n) is 9.64. The molecule has 1 aromatic carbocycles. The third-order valence-corrected chi connectivity index (χ3v) is 2.95. The molecular weight excluding hydrogens is 184 g/mol. The molecule has 1 atom stereocenters. The molecule has 0 fully saturated rings. The predicted octanol–water partition coefficient (Wildman–Crippen LogP) is 3.26. The van der Waals surface area contributed by atoms with Crippen molar-refractivity contribution in [1.29, 1.82) is 0 Å². The van der Waals surface area contributed by atoms with Gasteiger partial charge in [0.25, 0.3) is 0 Å². The lowest BCUT2D eigenvalue weighted by atomic mass is 10.1. The average molecular weight is 204 g/mol. The van der Waals surface area contributed by atoms with Crippen molar-refractivity contribution in [3.05, 3.63) is 23.8 Å². The summed E-state index contributed by atoms with van der Waals surface area (Å²) in [5.41, 5.74) is 4.02. The maximum absolute atomic E-state index is 3.54. The molecule has 82 valence electrons. The van der Waals surface area contributed by atoms with E-state index in [9.17, 15) is 0 Å². The van der Waals surface area contributed by atoms with Gasteiger partial charge in [-0.3, -0.25) is 0 Å². The van der Waals surface area contributed by atoms with E-state index in [-0.39, 0.29) is 0 Å². The van der Waals surface area contributed by atoms with Crippen LogP contribution in [0.5, 0.6) is 0 Å². The first kappa shape index (κ1) is 10.3. The fourth-order valence-corrected chi connectivity index (χ4v) is 2.18. The summed E-state index contributed by atoms with van der Waals surface area (Å²) in [5, 5.41) is 6.92. The molecule has 0 aliphatic carbocycles. The summed E-state index contributed by atoms with van der Waals surface area (Å²) < 4.78 is 0. The van der Waals surface area contributed by atoms with Crippen LogP contribution in [0.1, 0.15) is 32.3 Å². The summed E-state index contributed by atoms with van der Waals surface area (Å²) in [5.74, 6) is 0. The van der Waals surface area contributed by atoms with E-state index in [2.05, 4.69) is 42.7 Å². The van der Waals surface area contributed by atoms with Gasteiger partial charge in [0.15, 0.2) is 0 Å². The van der Waals surface area contributed by atoms with E-state index in [1.165, 1.54) is 29.8 Å². The Kier molecular flexibility index (Phi) is 3.14. The van der Waals surface area contributed by atoms with Crippen molar-refractivity contribution in [3.8, 4) is 0 Å². The van der Waals surface area contributed by atoms with Crippen LogP contribution in [0.4, 0.5) is 11.4 Å². The van der Waals surface area contributed by atoms with Crippen molar-refractivity contribution in [2.24, 2.45) is 0 Å². The molecule has 2 nitrogen and oxygen atoms in total. The highest BCUT2D eigenvalue weighted by molar-refractivity contribution is 5.62. The lowest BCUT2D eigenvalue weighted by Gasteiger charge is -2.15. The van der Waals surface area contributed by atoms with E-state index in [0.29, 0.717) is 6.04 Å². The highest BCUT2D eigenvalue weighted by Gasteiger charge is 2.10. The largest absolute Gasteiger partial charge is 0.384 e. The molecular formula is C13H20N2. The molecule has 0 saturated heterocycles. The van der Waals surface area contributed by atoms with Gasteiger partial charge in [-0.15, -0.1) is 0 Å². The molecule has 1 aromatic rings. The minimum atomic E-state index is 0.572.